The van der Waals surface area contributed by atoms with E-state index >= 15 is 0 Å². The van der Waals surface area contributed by atoms with Crippen LogP contribution >= 0.6 is 11.6 Å². The molecule has 0 saturated heterocycles. The molecule has 4 aromatic carbocycles. The number of sulfonamides is 1. The second-order valence-electron chi connectivity index (χ2n) is 9.53. The van der Waals surface area contributed by atoms with E-state index in [1.54, 1.807) is 54.6 Å². The van der Waals surface area contributed by atoms with Crippen LogP contribution in [0, 0.1) is 6.92 Å². The summed E-state index contributed by atoms with van der Waals surface area (Å²) in [4.78, 5) is 16.9. The molecule has 1 atom stereocenters. The fraction of sp³-hybridized carbons (Fsp3) is 0.0968. The number of benzene rings is 4. The van der Waals surface area contributed by atoms with Crippen molar-refractivity contribution in [2.24, 2.45) is 20.2 Å². The van der Waals surface area contributed by atoms with Gasteiger partial charge in [0.25, 0.3) is 21.9 Å². The maximum Gasteiger partial charge on any atom is 0.285 e. The summed E-state index contributed by atoms with van der Waals surface area (Å²) in [5.41, 5.74) is 9.80. The first-order valence-electron chi connectivity index (χ1n) is 13.0. The summed E-state index contributed by atoms with van der Waals surface area (Å²) in [6.07, 6.45) is 0. The molecule has 0 aliphatic carbocycles. The van der Waals surface area contributed by atoms with E-state index in [1.807, 2.05) is 49.4 Å². The Bertz CT molecular complexity index is 1770. The highest BCUT2D eigenvalue weighted by Crippen LogP contribution is 2.30. The number of halogens is 1. The molecule has 0 radical (unpaired) electrons. The third-order valence-electron chi connectivity index (χ3n) is 6.51. The van der Waals surface area contributed by atoms with Crippen LogP contribution in [0.4, 0.5) is 0 Å². The Morgan fingerprint density at radius 1 is 0.929 bits per heavy atom. The van der Waals surface area contributed by atoms with Crippen molar-refractivity contribution in [2.75, 3.05) is 6.54 Å². The van der Waals surface area contributed by atoms with Gasteiger partial charge in [-0.25, -0.2) is 5.01 Å². The number of carbonyl (C=O) groups excluding carboxylic acids is 1. The van der Waals surface area contributed by atoms with Crippen molar-refractivity contribution < 1.29 is 13.2 Å². The number of amides is 1. The van der Waals surface area contributed by atoms with Crippen LogP contribution in [0.25, 0.3) is 0 Å². The minimum atomic E-state index is -4.23. The van der Waals surface area contributed by atoms with Crippen LogP contribution in [-0.2, 0) is 10.0 Å². The van der Waals surface area contributed by atoms with E-state index in [4.69, 9.17) is 22.4 Å². The molecule has 1 aliphatic rings. The molecule has 1 aliphatic heterocycles. The van der Waals surface area contributed by atoms with Crippen molar-refractivity contribution in [2.45, 2.75) is 17.7 Å². The molecule has 0 bridgehead atoms. The third kappa shape index (κ3) is 6.73. The SMILES string of the molecule is Cc1ccc(S(=O)(=O)/N=C(/N=C(\N)NC(=O)c2ccccc2)N2CC(c3ccccc3)C(c3ccc(Cl)cc3)=N2)cc1. The van der Waals surface area contributed by atoms with Crippen molar-refractivity contribution in [1.29, 1.82) is 0 Å². The monoisotopic (exact) mass is 598 g/mol. The molecular weight excluding hydrogens is 572 g/mol. The summed E-state index contributed by atoms with van der Waals surface area (Å²) in [5, 5.41) is 9.22. The second kappa shape index (κ2) is 12.4. The van der Waals surface area contributed by atoms with Crippen LogP contribution in [0.2, 0.25) is 5.02 Å². The summed E-state index contributed by atoms with van der Waals surface area (Å²) < 4.78 is 30.9. The smallest absolute Gasteiger partial charge is 0.285 e. The van der Waals surface area contributed by atoms with E-state index in [9.17, 15) is 13.2 Å². The zero-order chi connectivity index (χ0) is 29.7. The van der Waals surface area contributed by atoms with Crippen LogP contribution < -0.4 is 11.1 Å². The van der Waals surface area contributed by atoms with E-state index < -0.39 is 15.9 Å². The molecule has 1 unspecified atom stereocenters. The minimum absolute atomic E-state index is 0.0200. The lowest BCUT2D eigenvalue weighted by molar-refractivity contribution is 0.0976. The fourth-order valence-electron chi connectivity index (χ4n) is 4.36. The van der Waals surface area contributed by atoms with Gasteiger partial charge in [-0.2, -0.15) is 18.5 Å². The fourth-order valence-corrected chi connectivity index (χ4v) is 5.43. The Morgan fingerprint density at radius 3 is 2.19 bits per heavy atom. The first-order chi connectivity index (χ1) is 20.2. The number of hydrogen-bond donors (Lipinski definition) is 2. The molecule has 0 fully saturated rings. The first-order valence-corrected chi connectivity index (χ1v) is 14.8. The minimum Gasteiger partial charge on any atom is -0.369 e. The van der Waals surface area contributed by atoms with Gasteiger partial charge in [0, 0.05) is 16.5 Å². The predicted molar refractivity (Wildman–Crippen MR) is 165 cm³/mol. The van der Waals surface area contributed by atoms with E-state index in [-0.39, 0.29) is 29.3 Å². The van der Waals surface area contributed by atoms with Crippen molar-refractivity contribution >= 4 is 45.2 Å². The Balaban J connectivity index is 1.58. The number of aryl methyl sites for hydroxylation is 1. The van der Waals surface area contributed by atoms with Gasteiger partial charge in [-0.3, -0.25) is 10.1 Å². The normalized spacial score (nSPS) is 15.8. The van der Waals surface area contributed by atoms with Gasteiger partial charge in [-0.15, -0.1) is 4.40 Å². The number of nitrogens with one attached hydrogen (secondary N) is 1. The van der Waals surface area contributed by atoms with Crippen molar-refractivity contribution in [3.8, 4) is 0 Å². The summed E-state index contributed by atoms with van der Waals surface area (Å²) in [5.74, 6) is -1.40. The maximum atomic E-state index is 13.4. The number of aliphatic imine (C=N–C) groups is 1. The van der Waals surface area contributed by atoms with Gasteiger partial charge < -0.3 is 5.73 Å². The van der Waals surface area contributed by atoms with E-state index in [2.05, 4.69) is 14.7 Å². The van der Waals surface area contributed by atoms with Crippen LogP contribution in [-0.4, -0.2) is 43.5 Å². The van der Waals surface area contributed by atoms with Crippen LogP contribution in [0.15, 0.2) is 129 Å². The molecule has 1 heterocycles. The van der Waals surface area contributed by atoms with Crippen molar-refractivity contribution in [3.63, 3.8) is 0 Å². The van der Waals surface area contributed by atoms with Crippen LogP contribution in [0.3, 0.4) is 0 Å². The largest absolute Gasteiger partial charge is 0.369 e. The van der Waals surface area contributed by atoms with Gasteiger partial charge in [-0.05, 0) is 54.4 Å². The van der Waals surface area contributed by atoms with E-state index in [1.165, 1.54) is 17.1 Å². The molecule has 9 nitrogen and oxygen atoms in total. The zero-order valence-corrected chi connectivity index (χ0v) is 24.1. The Hall–Kier alpha value is -4.80. The summed E-state index contributed by atoms with van der Waals surface area (Å²) in [6.45, 7) is 2.07. The highest BCUT2D eigenvalue weighted by atomic mass is 35.5. The average molecular weight is 599 g/mol. The number of nitrogens with two attached hydrogens (primary N) is 1. The topological polar surface area (TPSA) is 130 Å². The molecule has 42 heavy (non-hydrogen) atoms. The van der Waals surface area contributed by atoms with Gasteiger partial charge in [0.1, 0.15) is 0 Å². The van der Waals surface area contributed by atoms with Gasteiger partial charge in [0.2, 0.25) is 5.96 Å². The van der Waals surface area contributed by atoms with Gasteiger partial charge in [0.05, 0.1) is 17.2 Å². The first kappa shape index (κ1) is 28.7. The number of carbonyl (C=O) groups is 1. The average Bonchev–Trinajstić information content (AvgIpc) is 3.44. The molecule has 0 spiro atoms. The number of guanidine groups is 2. The lowest BCUT2D eigenvalue weighted by Crippen LogP contribution is -2.39. The van der Waals surface area contributed by atoms with Crippen LogP contribution in [0.1, 0.15) is 33.0 Å². The number of hydrazone groups is 1. The van der Waals surface area contributed by atoms with Crippen molar-refractivity contribution in [1.82, 2.24) is 10.3 Å². The van der Waals surface area contributed by atoms with E-state index in [0.717, 1.165) is 16.7 Å². The summed E-state index contributed by atoms with van der Waals surface area (Å²) in [6, 6.07) is 31.6. The zero-order valence-electron chi connectivity index (χ0n) is 22.6. The molecule has 212 valence electrons. The molecule has 11 heteroatoms. The van der Waals surface area contributed by atoms with Gasteiger partial charge in [-0.1, -0.05) is 90.0 Å². The predicted octanol–water partition coefficient (Wildman–Crippen LogP) is 4.94. The lowest BCUT2D eigenvalue weighted by atomic mass is 9.91. The van der Waals surface area contributed by atoms with E-state index in [0.29, 0.717) is 16.3 Å². The molecule has 5 rings (SSSR count). The number of hydrogen-bond acceptors (Lipinski definition) is 4. The highest BCUT2D eigenvalue weighted by Gasteiger charge is 2.33. The molecular formula is C31H27ClN6O3S. The molecule has 1 amide bonds. The standard InChI is InChI=1S/C31H27ClN6O3S/c1-21-12-18-26(19-13-21)42(40,41)37-31(35-30(33)34-29(39)24-10-6-3-7-11-24)38-20-27(22-8-4-2-5-9-22)28(36-38)23-14-16-25(32)17-15-23/h2-19,27H,20H2,1H3,(H3,33,34,35,37,39). The van der Waals surface area contributed by atoms with Crippen LogP contribution in [0.5, 0.6) is 0 Å². The number of rotatable bonds is 5. The second-order valence-corrected chi connectivity index (χ2v) is 11.6. The Morgan fingerprint density at radius 2 is 1.55 bits per heavy atom. The van der Waals surface area contributed by atoms with Gasteiger partial charge >= 0.3 is 0 Å². The van der Waals surface area contributed by atoms with Gasteiger partial charge in [0.15, 0.2) is 0 Å². The number of nitrogens with zero attached hydrogens (tertiary/aromatic N) is 4. The lowest BCUT2D eigenvalue weighted by Gasteiger charge is -2.16. The quantitative estimate of drug-likeness (QED) is 0.248. The Labute approximate surface area is 249 Å². The molecule has 3 N–H and O–H groups in total. The highest BCUT2D eigenvalue weighted by molar-refractivity contribution is 7.90. The summed E-state index contributed by atoms with van der Waals surface area (Å²) in [7, 11) is -4.23. The Kier molecular flexibility index (Phi) is 8.46. The summed E-state index contributed by atoms with van der Waals surface area (Å²) >= 11 is 6.13. The molecule has 0 saturated carbocycles. The van der Waals surface area contributed by atoms with Crippen molar-refractivity contribution in [3.05, 3.63) is 136 Å². The molecule has 4 aromatic rings. The third-order valence-corrected chi connectivity index (χ3v) is 8.03. The maximum absolute atomic E-state index is 13.4. The molecule has 0 aromatic heterocycles.